The summed E-state index contributed by atoms with van der Waals surface area (Å²) in [7, 11) is 6.77. The zero-order valence-corrected chi connectivity index (χ0v) is 9.06. The van der Waals surface area contributed by atoms with Crippen molar-refractivity contribution in [2.45, 2.75) is 6.92 Å². The molecule has 0 radical (unpaired) electrons. The van der Waals surface area contributed by atoms with E-state index >= 15 is 0 Å². The second-order valence-corrected chi connectivity index (χ2v) is 2.66. The fraction of sp³-hybridized carbons (Fsp3) is 0.667. The molecule has 0 unspecified atom stereocenters. The molecule has 0 saturated carbocycles. The molecule has 2 nitrogen and oxygen atoms in total. The van der Waals surface area contributed by atoms with Crippen LogP contribution in [-0.2, 0) is 4.43 Å². The van der Waals surface area contributed by atoms with E-state index in [2.05, 4.69) is 6.58 Å². The van der Waals surface area contributed by atoms with E-state index in [1.165, 1.54) is 0 Å². The van der Waals surface area contributed by atoms with Gasteiger partial charge in [0.15, 0.2) is 0 Å². The van der Waals surface area contributed by atoms with Crippen molar-refractivity contribution in [2.75, 3.05) is 21.1 Å². The van der Waals surface area contributed by atoms with Gasteiger partial charge in [0.25, 0.3) is 0 Å². The number of nitrogens with zero attached hydrogens (tertiary/aromatic N) is 1. The molecular formula is C6H17NOSi. The Hall–Kier alpha value is -0.283. The zero-order chi connectivity index (χ0) is 7.86. The minimum absolute atomic E-state index is 0.774. The molecule has 56 valence electrons. The Labute approximate surface area is 61.0 Å². The molecule has 9 heavy (non-hydrogen) atoms. The summed E-state index contributed by atoms with van der Waals surface area (Å²) in [6.07, 6.45) is 0. The highest BCUT2D eigenvalue weighted by atomic mass is 28.2. The van der Waals surface area contributed by atoms with Crippen LogP contribution in [0.4, 0.5) is 0 Å². The highest BCUT2D eigenvalue weighted by molar-refractivity contribution is 5.98. The SMILES string of the molecule is C=C(C)O[SiH3].CN(C)C. The van der Waals surface area contributed by atoms with E-state index < -0.39 is 0 Å². The standard InChI is InChI=1S/C3H9N.C3H8OSi/c1-4(2)3;1-3(2)4-5/h1-3H3;1H2,2,5H3. The van der Waals surface area contributed by atoms with Gasteiger partial charge in [0.1, 0.15) is 0 Å². The van der Waals surface area contributed by atoms with Gasteiger partial charge in [0.2, 0.25) is 10.5 Å². The molecule has 0 aromatic carbocycles. The van der Waals surface area contributed by atoms with Gasteiger partial charge in [-0.05, 0) is 28.1 Å². The maximum absolute atomic E-state index is 4.69. The lowest BCUT2D eigenvalue weighted by molar-refractivity contribution is 0.476. The van der Waals surface area contributed by atoms with E-state index in [0.29, 0.717) is 0 Å². The molecule has 0 spiro atoms. The van der Waals surface area contributed by atoms with Crippen LogP contribution in [-0.4, -0.2) is 36.5 Å². The van der Waals surface area contributed by atoms with Crippen LogP contribution < -0.4 is 0 Å². The van der Waals surface area contributed by atoms with Gasteiger partial charge in [0, 0.05) is 0 Å². The van der Waals surface area contributed by atoms with Crippen LogP contribution in [0.25, 0.3) is 0 Å². The van der Waals surface area contributed by atoms with E-state index in [-0.39, 0.29) is 0 Å². The molecule has 0 aromatic heterocycles. The molecule has 0 amide bonds. The Morgan fingerprint density at radius 2 is 1.56 bits per heavy atom. The van der Waals surface area contributed by atoms with Crippen molar-refractivity contribution >= 4 is 10.5 Å². The highest BCUT2D eigenvalue weighted by Gasteiger charge is 1.64. The molecule has 0 rings (SSSR count). The Kier molecular flexibility index (Phi) is 9.87. The van der Waals surface area contributed by atoms with Crippen LogP contribution in [0.15, 0.2) is 12.3 Å². The second-order valence-electron chi connectivity index (χ2n) is 2.25. The van der Waals surface area contributed by atoms with Crippen molar-refractivity contribution in [3.8, 4) is 0 Å². The molecule has 0 bridgehead atoms. The third kappa shape index (κ3) is 85.6. The minimum atomic E-state index is 0.774. The lowest BCUT2D eigenvalue weighted by atomic mass is 10.7. The summed E-state index contributed by atoms with van der Waals surface area (Å²) in [4.78, 5) is 2.00. The largest absolute Gasteiger partial charge is 0.557 e. The second kappa shape index (κ2) is 7.72. The van der Waals surface area contributed by atoms with Crippen molar-refractivity contribution in [2.24, 2.45) is 0 Å². The Balaban J connectivity index is 0. The van der Waals surface area contributed by atoms with Gasteiger partial charge in [-0.2, -0.15) is 0 Å². The molecule has 0 atom stereocenters. The molecule has 0 fully saturated rings. The first-order chi connectivity index (χ1) is 4.00. The molecule has 0 aromatic rings. The normalized spacial score (nSPS) is 8.11. The van der Waals surface area contributed by atoms with Crippen LogP contribution in [0, 0.1) is 0 Å². The third-order valence-electron chi connectivity index (χ3n) is 0.348. The minimum Gasteiger partial charge on any atom is -0.557 e. The molecule has 0 aliphatic heterocycles. The van der Waals surface area contributed by atoms with Gasteiger partial charge in [-0.1, -0.05) is 6.58 Å². The van der Waals surface area contributed by atoms with E-state index in [1.54, 1.807) is 0 Å². The van der Waals surface area contributed by atoms with E-state index in [0.717, 1.165) is 16.2 Å². The first-order valence-electron chi connectivity index (χ1n) is 2.81. The molecule has 0 saturated heterocycles. The van der Waals surface area contributed by atoms with Crippen molar-refractivity contribution in [1.82, 2.24) is 4.90 Å². The highest BCUT2D eigenvalue weighted by Crippen LogP contribution is 1.79. The van der Waals surface area contributed by atoms with Gasteiger partial charge >= 0.3 is 0 Å². The summed E-state index contributed by atoms with van der Waals surface area (Å²) in [6.45, 7) is 5.33. The number of rotatable bonds is 1. The molecule has 3 heteroatoms. The Bertz CT molecular complexity index is 70.7. The van der Waals surface area contributed by atoms with Crippen molar-refractivity contribution < 1.29 is 4.43 Å². The van der Waals surface area contributed by atoms with E-state index in [1.807, 2.05) is 33.0 Å². The number of hydrogen-bond donors (Lipinski definition) is 0. The quantitative estimate of drug-likeness (QED) is 0.382. The van der Waals surface area contributed by atoms with Crippen LogP contribution in [0.1, 0.15) is 6.92 Å². The van der Waals surface area contributed by atoms with Gasteiger partial charge in [-0.25, -0.2) is 0 Å². The van der Waals surface area contributed by atoms with Crippen molar-refractivity contribution in [3.63, 3.8) is 0 Å². The Morgan fingerprint density at radius 1 is 1.44 bits per heavy atom. The lowest BCUT2D eigenvalue weighted by Gasteiger charge is -1.90. The topological polar surface area (TPSA) is 12.5 Å². The van der Waals surface area contributed by atoms with Crippen LogP contribution in [0.5, 0.6) is 0 Å². The summed E-state index contributed by atoms with van der Waals surface area (Å²) in [5, 5.41) is 0. The predicted molar refractivity (Wildman–Crippen MR) is 45.4 cm³/mol. The molecular weight excluding hydrogens is 130 g/mol. The molecule has 0 N–H and O–H groups in total. The fourth-order valence-corrected chi connectivity index (χ4v) is 0. The Morgan fingerprint density at radius 3 is 1.56 bits per heavy atom. The van der Waals surface area contributed by atoms with E-state index in [4.69, 9.17) is 4.43 Å². The number of allylic oxidation sites excluding steroid dienone is 1. The van der Waals surface area contributed by atoms with Gasteiger partial charge in [-0.15, -0.1) is 0 Å². The zero-order valence-electron chi connectivity index (χ0n) is 7.06. The van der Waals surface area contributed by atoms with Crippen LogP contribution in [0.2, 0.25) is 0 Å². The molecule has 0 heterocycles. The molecule has 0 aliphatic carbocycles. The maximum Gasteiger partial charge on any atom is 0.203 e. The van der Waals surface area contributed by atoms with Crippen molar-refractivity contribution in [1.29, 1.82) is 0 Å². The van der Waals surface area contributed by atoms with Crippen LogP contribution >= 0.6 is 0 Å². The first kappa shape index (κ1) is 11.5. The maximum atomic E-state index is 4.69. The fourth-order valence-electron chi connectivity index (χ4n) is 0. The van der Waals surface area contributed by atoms with Gasteiger partial charge in [-0.3, -0.25) is 0 Å². The monoisotopic (exact) mass is 147 g/mol. The molecule has 0 aliphatic rings. The smallest absolute Gasteiger partial charge is 0.203 e. The van der Waals surface area contributed by atoms with Crippen LogP contribution in [0.3, 0.4) is 0 Å². The average Bonchev–Trinajstić information content (AvgIpc) is 1.65. The lowest BCUT2D eigenvalue weighted by Crippen LogP contribution is -1.99. The number of hydrogen-bond acceptors (Lipinski definition) is 2. The summed E-state index contributed by atoms with van der Waals surface area (Å²) in [6, 6.07) is 0. The van der Waals surface area contributed by atoms with Gasteiger partial charge < -0.3 is 9.33 Å². The van der Waals surface area contributed by atoms with Gasteiger partial charge in [0.05, 0.1) is 5.76 Å². The predicted octanol–water partition coefficient (Wildman–Crippen LogP) is -0.00520. The summed E-state index contributed by atoms with van der Waals surface area (Å²) in [5.74, 6) is 0.816. The summed E-state index contributed by atoms with van der Waals surface area (Å²) in [5.41, 5.74) is 0. The van der Waals surface area contributed by atoms with Crippen molar-refractivity contribution in [3.05, 3.63) is 12.3 Å². The van der Waals surface area contributed by atoms with E-state index in [9.17, 15) is 0 Å². The third-order valence-corrected chi connectivity index (χ3v) is 1.05. The first-order valence-corrected chi connectivity index (χ1v) is 3.62. The summed E-state index contributed by atoms with van der Waals surface area (Å²) >= 11 is 0. The average molecular weight is 147 g/mol. The summed E-state index contributed by atoms with van der Waals surface area (Å²) < 4.78 is 4.69.